The van der Waals surface area contributed by atoms with Crippen molar-refractivity contribution in [3.63, 3.8) is 0 Å². The number of hydrogen-bond acceptors (Lipinski definition) is 5. The van der Waals surface area contributed by atoms with Crippen LogP contribution in [0.5, 0.6) is 0 Å². The van der Waals surface area contributed by atoms with Gasteiger partial charge in [-0.05, 0) is 31.5 Å². The predicted octanol–water partition coefficient (Wildman–Crippen LogP) is 2.51. The molecule has 1 atom stereocenters. The lowest BCUT2D eigenvalue weighted by atomic mass is 10.0. The number of aromatic nitrogens is 3. The van der Waals surface area contributed by atoms with E-state index in [1.165, 1.54) is 5.56 Å². The maximum Gasteiger partial charge on any atom is 0.191 e. The van der Waals surface area contributed by atoms with Crippen LogP contribution in [-0.4, -0.2) is 71.1 Å². The lowest BCUT2D eigenvalue weighted by molar-refractivity contribution is -0.0971. The number of hydrogen-bond donors (Lipinski definition) is 2. The molecule has 1 saturated heterocycles. The summed E-state index contributed by atoms with van der Waals surface area (Å²) in [6, 6.07) is 8.29. The molecule has 1 aliphatic rings. The molecule has 8 nitrogen and oxygen atoms in total. The molecule has 0 amide bonds. The molecule has 1 fully saturated rings. The molecule has 2 heterocycles. The van der Waals surface area contributed by atoms with Crippen LogP contribution in [0, 0.1) is 0 Å². The van der Waals surface area contributed by atoms with Crippen molar-refractivity contribution in [1.82, 2.24) is 30.3 Å². The Hall–Kier alpha value is -2.16. The van der Waals surface area contributed by atoms with Gasteiger partial charge in [0.05, 0.1) is 18.2 Å². The molecule has 0 saturated carbocycles. The Balaban J connectivity index is 1.62. The van der Waals surface area contributed by atoms with E-state index in [1.807, 2.05) is 12.1 Å². The highest BCUT2D eigenvalue weighted by Crippen LogP contribution is 2.27. The maximum absolute atomic E-state index is 6.13. The third-order valence-corrected chi connectivity index (χ3v) is 5.75. The molecule has 0 radical (unpaired) electrons. The number of benzene rings is 1. The number of nitrogens with zero attached hydrogens (tertiary/aromatic N) is 5. The van der Waals surface area contributed by atoms with Crippen LogP contribution in [-0.2, 0) is 17.7 Å². The molecule has 0 aliphatic carbocycles. The number of ether oxygens (including phenoxy) is 1. The van der Waals surface area contributed by atoms with Crippen molar-refractivity contribution in [1.29, 1.82) is 0 Å². The Morgan fingerprint density at radius 3 is 2.74 bits per heavy atom. The first kappa shape index (κ1) is 23.5. The van der Waals surface area contributed by atoms with Crippen molar-refractivity contribution < 1.29 is 4.74 Å². The molecule has 2 aromatic rings. The molecule has 0 bridgehead atoms. The van der Waals surface area contributed by atoms with Crippen LogP contribution in [0.2, 0.25) is 5.02 Å². The van der Waals surface area contributed by atoms with Gasteiger partial charge in [0.15, 0.2) is 5.96 Å². The maximum atomic E-state index is 6.13. The van der Waals surface area contributed by atoms with Crippen molar-refractivity contribution in [2.24, 2.45) is 4.99 Å². The topological polar surface area (TPSA) is 79.6 Å². The zero-order chi connectivity index (χ0) is 22.3. The van der Waals surface area contributed by atoms with Gasteiger partial charge in [0.2, 0.25) is 0 Å². The molecule has 1 aliphatic heterocycles. The summed E-state index contributed by atoms with van der Waals surface area (Å²) in [6.45, 7) is 11.1. The van der Waals surface area contributed by atoms with Crippen molar-refractivity contribution in [3.05, 3.63) is 47.0 Å². The monoisotopic (exact) mass is 447 g/mol. The highest BCUT2D eigenvalue weighted by Gasteiger charge is 2.32. The Morgan fingerprint density at radius 2 is 2.06 bits per heavy atom. The molecule has 1 aromatic heterocycles. The van der Waals surface area contributed by atoms with Crippen LogP contribution < -0.4 is 10.6 Å². The number of halogens is 1. The highest BCUT2D eigenvalue weighted by molar-refractivity contribution is 6.30. The summed E-state index contributed by atoms with van der Waals surface area (Å²) in [6.07, 6.45) is 2.64. The van der Waals surface area contributed by atoms with E-state index < -0.39 is 0 Å². The molecule has 0 spiro atoms. The van der Waals surface area contributed by atoms with E-state index in [1.54, 1.807) is 13.4 Å². The number of guanidine groups is 1. The summed E-state index contributed by atoms with van der Waals surface area (Å²) in [5.41, 5.74) is 1.06. The molecule has 170 valence electrons. The third kappa shape index (κ3) is 6.66. The summed E-state index contributed by atoms with van der Waals surface area (Å²) in [7, 11) is 1.79. The van der Waals surface area contributed by atoms with Gasteiger partial charge in [-0.1, -0.05) is 30.7 Å². The minimum atomic E-state index is -0.168. The van der Waals surface area contributed by atoms with Gasteiger partial charge in [0.1, 0.15) is 12.2 Å². The molecular formula is C22H34ClN7O. The normalized spacial score (nSPS) is 18.0. The minimum absolute atomic E-state index is 0.168. The van der Waals surface area contributed by atoms with Gasteiger partial charge in [-0.2, -0.15) is 0 Å². The third-order valence-electron chi connectivity index (χ3n) is 5.49. The van der Waals surface area contributed by atoms with Gasteiger partial charge in [-0.25, -0.2) is 0 Å². The number of rotatable bonds is 8. The van der Waals surface area contributed by atoms with Crippen molar-refractivity contribution in [2.45, 2.75) is 45.4 Å². The van der Waals surface area contributed by atoms with E-state index in [-0.39, 0.29) is 11.6 Å². The molecule has 1 aromatic carbocycles. The van der Waals surface area contributed by atoms with E-state index in [2.05, 4.69) is 68.2 Å². The first-order chi connectivity index (χ1) is 14.9. The second-order valence-corrected chi connectivity index (χ2v) is 8.76. The summed E-state index contributed by atoms with van der Waals surface area (Å²) in [4.78, 5) is 6.86. The molecule has 2 N–H and O–H groups in total. The van der Waals surface area contributed by atoms with Crippen LogP contribution in [0.1, 0.15) is 38.2 Å². The second-order valence-electron chi connectivity index (χ2n) is 8.32. The fraction of sp³-hybridized carbons (Fsp3) is 0.591. The van der Waals surface area contributed by atoms with Gasteiger partial charge >= 0.3 is 0 Å². The fourth-order valence-corrected chi connectivity index (χ4v) is 4.04. The average Bonchev–Trinajstić information content (AvgIpc) is 3.20. The largest absolute Gasteiger partial charge is 0.373 e. The molecule has 1 unspecified atom stereocenters. The first-order valence-electron chi connectivity index (χ1n) is 10.9. The molecule has 3 rings (SSSR count). The van der Waals surface area contributed by atoms with E-state index in [0.29, 0.717) is 0 Å². The SMILES string of the molecule is CCc1nncn1CCNC(=NC)NCC(c1ccc(Cl)cc1)N1CCOC(C)(C)C1. The van der Waals surface area contributed by atoms with Gasteiger partial charge in [0.25, 0.3) is 0 Å². The Bertz CT molecular complexity index is 850. The Kier molecular flexibility index (Phi) is 8.28. The lowest BCUT2D eigenvalue weighted by Crippen LogP contribution is -2.52. The summed E-state index contributed by atoms with van der Waals surface area (Å²) in [5.74, 6) is 1.76. The summed E-state index contributed by atoms with van der Waals surface area (Å²) in [5, 5.41) is 15.8. The van der Waals surface area contributed by atoms with Crippen LogP contribution in [0.4, 0.5) is 0 Å². The second kappa shape index (κ2) is 10.9. The van der Waals surface area contributed by atoms with Gasteiger partial charge in [0, 0.05) is 51.2 Å². The zero-order valence-corrected chi connectivity index (χ0v) is 19.7. The first-order valence-corrected chi connectivity index (χ1v) is 11.2. The smallest absolute Gasteiger partial charge is 0.191 e. The number of aryl methyl sites for hydroxylation is 1. The number of nitrogens with one attached hydrogen (secondary N) is 2. The van der Waals surface area contributed by atoms with E-state index in [9.17, 15) is 0 Å². The van der Waals surface area contributed by atoms with E-state index in [0.717, 1.165) is 62.6 Å². The van der Waals surface area contributed by atoms with Gasteiger partial charge in [-0.3, -0.25) is 9.89 Å². The van der Waals surface area contributed by atoms with Crippen LogP contribution in [0.25, 0.3) is 0 Å². The quantitative estimate of drug-likeness (QED) is 0.478. The summed E-state index contributed by atoms with van der Waals surface area (Å²) < 4.78 is 7.99. The molecular weight excluding hydrogens is 414 g/mol. The highest BCUT2D eigenvalue weighted by atomic mass is 35.5. The van der Waals surface area contributed by atoms with Crippen LogP contribution in [0.15, 0.2) is 35.6 Å². The average molecular weight is 448 g/mol. The lowest BCUT2D eigenvalue weighted by Gasteiger charge is -2.42. The Morgan fingerprint density at radius 1 is 1.29 bits per heavy atom. The zero-order valence-electron chi connectivity index (χ0n) is 18.9. The van der Waals surface area contributed by atoms with Crippen LogP contribution in [0.3, 0.4) is 0 Å². The van der Waals surface area contributed by atoms with Crippen molar-refractivity contribution in [3.8, 4) is 0 Å². The van der Waals surface area contributed by atoms with Gasteiger partial charge in [-0.15, -0.1) is 10.2 Å². The number of morpholine rings is 1. The Labute approximate surface area is 190 Å². The minimum Gasteiger partial charge on any atom is -0.373 e. The fourth-order valence-electron chi connectivity index (χ4n) is 3.91. The van der Waals surface area contributed by atoms with E-state index >= 15 is 0 Å². The molecule has 31 heavy (non-hydrogen) atoms. The van der Waals surface area contributed by atoms with Gasteiger partial charge < -0.3 is 19.9 Å². The predicted molar refractivity (Wildman–Crippen MR) is 125 cm³/mol. The van der Waals surface area contributed by atoms with Crippen molar-refractivity contribution >= 4 is 17.6 Å². The van der Waals surface area contributed by atoms with Crippen LogP contribution >= 0.6 is 11.6 Å². The summed E-state index contributed by atoms with van der Waals surface area (Å²) >= 11 is 6.13. The van der Waals surface area contributed by atoms with Crippen molar-refractivity contribution in [2.75, 3.05) is 39.8 Å². The van der Waals surface area contributed by atoms with E-state index in [4.69, 9.17) is 16.3 Å². The molecule has 9 heteroatoms. The standard InChI is InChI=1S/C22H34ClN7O/c1-5-20-28-27-16-30(20)11-10-25-21(24-4)26-14-19(17-6-8-18(23)9-7-17)29-12-13-31-22(2,3)15-29/h6-9,16,19H,5,10-15H2,1-4H3,(H2,24,25,26). The number of aliphatic imine (C=N–C) groups is 1.